The number of aliphatic hydroxyl groups is 2. The Bertz CT molecular complexity index is 931. The minimum absolute atomic E-state index is 0.327. The number of aromatic amines is 1. The average Bonchev–Trinajstić information content (AvgIpc) is 3.32. The molecular formula is C23H25NO4. The van der Waals surface area contributed by atoms with Crippen LogP contribution < -0.4 is 0 Å². The highest BCUT2D eigenvalue weighted by Crippen LogP contribution is 2.42. The molecule has 0 fully saturated rings. The van der Waals surface area contributed by atoms with Crippen LogP contribution in [-0.2, 0) is 16.8 Å². The number of benzene rings is 2. The molecule has 4 rings (SSSR count). The quantitative estimate of drug-likeness (QED) is 0.604. The second kappa shape index (κ2) is 8.42. The molecule has 28 heavy (non-hydrogen) atoms. The third-order valence-electron chi connectivity index (χ3n) is 5.03. The average molecular weight is 379 g/mol. The normalized spacial score (nSPS) is 17.4. The Morgan fingerprint density at radius 2 is 1.71 bits per heavy atom. The van der Waals surface area contributed by atoms with Crippen molar-refractivity contribution >= 4 is 5.97 Å². The molecule has 3 aromatic rings. The maximum atomic E-state index is 12.0. The lowest BCUT2D eigenvalue weighted by atomic mass is 9.90. The number of ether oxygens (including phenoxy) is 1. The summed E-state index contributed by atoms with van der Waals surface area (Å²) in [7, 11) is 1.00. The van der Waals surface area contributed by atoms with E-state index in [4.69, 9.17) is 9.84 Å². The highest BCUT2D eigenvalue weighted by molar-refractivity contribution is 5.88. The molecule has 1 aliphatic rings. The first kappa shape index (κ1) is 19.9. The molecule has 0 spiro atoms. The van der Waals surface area contributed by atoms with Gasteiger partial charge in [0.1, 0.15) is 11.3 Å². The van der Waals surface area contributed by atoms with Gasteiger partial charge >= 0.3 is 5.97 Å². The number of aryl methyl sites for hydroxylation is 1. The summed E-state index contributed by atoms with van der Waals surface area (Å²) in [5.74, 6) is -0.385. The second-order valence-electron chi connectivity index (χ2n) is 6.61. The molecule has 5 nitrogen and oxygen atoms in total. The van der Waals surface area contributed by atoms with Crippen LogP contribution in [0.25, 0.3) is 11.1 Å². The van der Waals surface area contributed by atoms with E-state index in [2.05, 4.69) is 17.1 Å². The Kier molecular flexibility index (Phi) is 5.97. The van der Waals surface area contributed by atoms with Crippen molar-refractivity contribution in [3.8, 4) is 11.1 Å². The van der Waals surface area contributed by atoms with Crippen LogP contribution in [0.15, 0.2) is 60.7 Å². The zero-order valence-corrected chi connectivity index (χ0v) is 16.1. The van der Waals surface area contributed by atoms with E-state index in [1.54, 1.807) is 13.0 Å². The fraction of sp³-hybridized carbons (Fsp3) is 0.261. The van der Waals surface area contributed by atoms with Crippen molar-refractivity contribution in [2.75, 3.05) is 13.7 Å². The number of hydrogen-bond donors (Lipinski definition) is 3. The van der Waals surface area contributed by atoms with Gasteiger partial charge in [-0.05, 0) is 48.1 Å². The minimum Gasteiger partial charge on any atom is -0.461 e. The first-order valence-electron chi connectivity index (χ1n) is 9.34. The number of hydrogen-bond acceptors (Lipinski definition) is 4. The van der Waals surface area contributed by atoms with Crippen molar-refractivity contribution in [2.24, 2.45) is 0 Å². The number of H-pyrrole nitrogens is 1. The minimum atomic E-state index is -1.10. The molecule has 146 valence electrons. The van der Waals surface area contributed by atoms with Gasteiger partial charge in [0.15, 0.2) is 0 Å². The van der Waals surface area contributed by atoms with Gasteiger partial charge in [-0.3, -0.25) is 0 Å². The van der Waals surface area contributed by atoms with Crippen LogP contribution in [0.1, 0.15) is 40.7 Å². The number of nitrogens with one attached hydrogen (secondary N) is 1. The molecule has 3 N–H and O–H groups in total. The van der Waals surface area contributed by atoms with Crippen LogP contribution in [0.4, 0.5) is 0 Å². The van der Waals surface area contributed by atoms with E-state index >= 15 is 0 Å². The van der Waals surface area contributed by atoms with Gasteiger partial charge in [-0.1, -0.05) is 54.6 Å². The summed E-state index contributed by atoms with van der Waals surface area (Å²) < 4.78 is 5.05. The van der Waals surface area contributed by atoms with E-state index in [0.29, 0.717) is 24.4 Å². The first-order chi connectivity index (χ1) is 13.6. The van der Waals surface area contributed by atoms with Gasteiger partial charge < -0.3 is 19.9 Å². The molecule has 1 atom stereocenters. The number of aliphatic hydroxyl groups excluding tert-OH is 1. The molecule has 0 amide bonds. The number of rotatable bonds is 4. The van der Waals surface area contributed by atoms with Crippen molar-refractivity contribution in [1.82, 2.24) is 4.98 Å². The monoisotopic (exact) mass is 379 g/mol. The maximum Gasteiger partial charge on any atom is 0.354 e. The van der Waals surface area contributed by atoms with Crippen molar-refractivity contribution in [1.29, 1.82) is 0 Å². The molecular weight excluding hydrogens is 354 g/mol. The number of aromatic nitrogens is 1. The summed E-state index contributed by atoms with van der Waals surface area (Å²) in [6, 6.07) is 19.9. The molecule has 0 bridgehead atoms. The van der Waals surface area contributed by atoms with Crippen LogP contribution in [0.5, 0.6) is 0 Å². The largest absolute Gasteiger partial charge is 0.461 e. The van der Waals surface area contributed by atoms with E-state index in [1.165, 1.54) is 0 Å². The summed E-state index contributed by atoms with van der Waals surface area (Å²) >= 11 is 0. The van der Waals surface area contributed by atoms with Crippen LogP contribution in [0.2, 0.25) is 0 Å². The first-order valence-corrected chi connectivity index (χ1v) is 9.34. The highest BCUT2D eigenvalue weighted by atomic mass is 16.5. The number of carbonyl (C=O) groups excluding carboxylic acids is 1. The molecule has 0 saturated heterocycles. The van der Waals surface area contributed by atoms with Gasteiger partial charge in [0.2, 0.25) is 0 Å². The van der Waals surface area contributed by atoms with Gasteiger partial charge in [-0.15, -0.1) is 0 Å². The second-order valence-corrected chi connectivity index (χ2v) is 6.61. The summed E-state index contributed by atoms with van der Waals surface area (Å²) in [5.41, 5.74) is 4.05. The third kappa shape index (κ3) is 3.59. The highest BCUT2D eigenvalue weighted by Gasteiger charge is 2.40. The Labute approximate surface area is 164 Å². The Balaban J connectivity index is 0.00000109. The topological polar surface area (TPSA) is 82.6 Å². The lowest BCUT2D eigenvalue weighted by molar-refractivity contribution is 0.0516. The molecule has 5 heteroatoms. The summed E-state index contributed by atoms with van der Waals surface area (Å²) in [6.07, 6.45) is 1.32. The molecule has 2 aromatic carbocycles. The molecule has 0 radical (unpaired) electrons. The van der Waals surface area contributed by atoms with E-state index < -0.39 is 5.60 Å². The molecule has 1 unspecified atom stereocenters. The summed E-state index contributed by atoms with van der Waals surface area (Å²) in [5, 5.41) is 18.3. The smallest absolute Gasteiger partial charge is 0.354 e. The van der Waals surface area contributed by atoms with Gasteiger partial charge in [0, 0.05) is 7.11 Å². The van der Waals surface area contributed by atoms with Gasteiger partial charge in [-0.25, -0.2) is 4.79 Å². The number of carbonyl (C=O) groups is 1. The van der Waals surface area contributed by atoms with Gasteiger partial charge in [0.05, 0.1) is 12.3 Å². The molecule has 1 aromatic heterocycles. The zero-order valence-electron chi connectivity index (χ0n) is 16.1. The number of fused-ring (bicyclic) bond motifs is 1. The van der Waals surface area contributed by atoms with Crippen LogP contribution in [0, 0.1) is 0 Å². The molecule has 1 aliphatic carbocycles. The van der Waals surface area contributed by atoms with Crippen molar-refractivity contribution in [3.05, 3.63) is 83.2 Å². The fourth-order valence-corrected chi connectivity index (χ4v) is 3.68. The number of esters is 1. The van der Waals surface area contributed by atoms with E-state index in [1.807, 2.05) is 42.5 Å². The van der Waals surface area contributed by atoms with E-state index in [0.717, 1.165) is 35.8 Å². The summed E-state index contributed by atoms with van der Waals surface area (Å²) in [6.45, 7) is 2.10. The third-order valence-corrected chi connectivity index (χ3v) is 5.03. The Morgan fingerprint density at radius 1 is 1.07 bits per heavy atom. The molecule has 0 saturated carbocycles. The standard InChI is InChI=1S/C22H21NO3.CH4O/c1-2-26-21(24)19-14-17-12-13-22(25,20(17)23-19)18-10-8-16(9-11-18)15-6-4-3-5-7-15;1-2/h3-11,14,23,25H,2,12-13H2,1H3;2H,1H3. The molecule has 0 aliphatic heterocycles. The Hall–Kier alpha value is -2.89. The SMILES string of the molecule is CCOC(=O)c1cc2c([nH]1)C(O)(c1ccc(-c3ccccc3)cc1)CC2.CO. The van der Waals surface area contributed by atoms with Crippen LogP contribution in [0.3, 0.4) is 0 Å². The van der Waals surface area contributed by atoms with Crippen molar-refractivity contribution in [3.63, 3.8) is 0 Å². The van der Waals surface area contributed by atoms with Crippen molar-refractivity contribution < 1.29 is 19.7 Å². The predicted molar refractivity (Wildman–Crippen MR) is 108 cm³/mol. The summed E-state index contributed by atoms with van der Waals surface area (Å²) in [4.78, 5) is 15.1. The zero-order chi connectivity index (χ0) is 20.1. The fourth-order valence-electron chi connectivity index (χ4n) is 3.68. The van der Waals surface area contributed by atoms with Crippen LogP contribution in [-0.4, -0.2) is 34.9 Å². The Morgan fingerprint density at radius 3 is 2.36 bits per heavy atom. The lowest BCUT2D eigenvalue weighted by Gasteiger charge is -2.24. The molecule has 1 heterocycles. The predicted octanol–water partition coefficient (Wildman–Crippen LogP) is 3.65. The van der Waals surface area contributed by atoms with Gasteiger partial charge in [0.25, 0.3) is 0 Å². The van der Waals surface area contributed by atoms with Crippen LogP contribution >= 0.6 is 0 Å². The van der Waals surface area contributed by atoms with E-state index in [-0.39, 0.29) is 5.97 Å². The lowest BCUT2D eigenvalue weighted by Crippen LogP contribution is -2.25. The van der Waals surface area contributed by atoms with E-state index in [9.17, 15) is 9.90 Å². The van der Waals surface area contributed by atoms with Crippen molar-refractivity contribution in [2.45, 2.75) is 25.4 Å². The van der Waals surface area contributed by atoms with Gasteiger partial charge in [-0.2, -0.15) is 0 Å². The maximum absolute atomic E-state index is 12.0.